The summed E-state index contributed by atoms with van der Waals surface area (Å²) in [6, 6.07) is 11.6. The van der Waals surface area contributed by atoms with E-state index in [-0.39, 0.29) is 18.2 Å². The highest BCUT2D eigenvalue weighted by atomic mass is 19.4. The maximum absolute atomic E-state index is 12.9. The Balaban J connectivity index is 1.41. The molecule has 0 aliphatic carbocycles. The first-order valence-corrected chi connectivity index (χ1v) is 9.81. The highest BCUT2D eigenvalue weighted by molar-refractivity contribution is 5.80. The number of methoxy groups -OCH3 is 1. The Bertz CT molecular complexity index is 1050. The van der Waals surface area contributed by atoms with E-state index in [9.17, 15) is 18.0 Å². The van der Waals surface area contributed by atoms with Crippen molar-refractivity contribution >= 4 is 16.9 Å². The number of piperidine rings is 1. The summed E-state index contributed by atoms with van der Waals surface area (Å²) in [5, 5.41) is 0. The van der Waals surface area contributed by atoms with Gasteiger partial charge in [0.15, 0.2) is 0 Å². The van der Waals surface area contributed by atoms with Crippen molar-refractivity contribution in [3.8, 4) is 5.75 Å². The number of hydrogen-bond donors (Lipinski definition) is 1. The first-order chi connectivity index (χ1) is 14.3. The second kappa shape index (κ2) is 8.01. The molecule has 3 heterocycles. The second-order valence-corrected chi connectivity index (χ2v) is 7.50. The second-order valence-electron chi connectivity index (χ2n) is 7.50. The van der Waals surface area contributed by atoms with E-state index in [2.05, 4.69) is 9.97 Å². The van der Waals surface area contributed by atoms with Gasteiger partial charge in [0.25, 0.3) is 0 Å². The van der Waals surface area contributed by atoms with Gasteiger partial charge >= 0.3 is 6.18 Å². The average molecular weight is 417 g/mol. The number of benzene rings is 1. The van der Waals surface area contributed by atoms with E-state index in [0.29, 0.717) is 29.9 Å². The van der Waals surface area contributed by atoms with Crippen molar-refractivity contribution in [3.05, 3.63) is 59.4 Å². The number of carbonyl (C=O) groups is 1. The summed E-state index contributed by atoms with van der Waals surface area (Å²) in [6.45, 7) is 1.21. The predicted molar refractivity (Wildman–Crippen MR) is 106 cm³/mol. The monoisotopic (exact) mass is 417 g/mol. The Morgan fingerprint density at radius 1 is 1.20 bits per heavy atom. The Kier molecular flexibility index (Phi) is 5.40. The van der Waals surface area contributed by atoms with Crippen molar-refractivity contribution in [2.75, 3.05) is 20.2 Å². The van der Waals surface area contributed by atoms with E-state index >= 15 is 0 Å². The number of nitrogens with one attached hydrogen (secondary N) is 1. The van der Waals surface area contributed by atoms with Gasteiger partial charge in [-0.15, -0.1) is 0 Å². The van der Waals surface area contributed by atoms with Crippen molar-refractivity contribution in [1.29, 1.82) is 0 Å². The summed E-state index contributed by atoms with van der Waals surface area (Å²) in [4.78, 5) is 21.5. The number of halogens is 3. The van der Waals surface area contributed by atoms with Crippen molar-refractivity contribution in [2.24, 2.45) is 0 Å². The van der Waals surface area contributed by atoms with Crippen LogP contribution in [-0.2, 0) is 17.4 Å². The van der Waals surface area contributed by atoms with Gasteiger partial charge in [-0.05, 0) is 37.1 Å². The number of carbonyl (C=O) groups excluding carboxylic acids is 1. The normalized spacial score (nSPS) is 15.5. The fourth-order valence-electron chi connectivity index (χ4n) is 3.97. The summed E-state index contributed by atoms with van der Waals surface area (Å²) in [7, 11) is 1.58. The third-order valence-corrected chi connectivity index (χ3v) is 5.61. The van der Waals surface area contributed by atoms with E-state index in [1.54, 1.807) is 13.2 Å². The molecule has 158 valence electrons. The predicted octanol–water partition coefficient (Wildman–Crippen LogP) is 4.54. The van der Waals surface area contributed by atoms with Gasteiger partial charge in [0.05, 0.1) is 24.6 Å². The van der Waals surface area contributed by atoms with Crippen LogP contribution in [0, 0.1) is 0 Å². The molecule has 1 saturated heterocycles. The summed E-state index contributed by atoms with van der Waals surface area (Å²) in [5.74, 6) is 0.902. The molecule has 5 nitrogen and oxygen atoms in total. The van der Waals surface area contributed by atoms with Crippen LogP contribution in [0.5, 0.6) is 5.75 Å². The van der Waals surface area contributed by atoms with E-state index in [0.717, 1.165) is 30.2 Å². The molecule has 0 bridgehead atoms. The first kappa shape index (κ1) is 20.3. The van der Waals surface area contributed by atoms with Gasteiger partial charge in [-0.3, -0.25) is 4.79 Å². The number of pyridine rings is 1. The number of para-hydroxylation sites is 1. The number of likely N-dealkylation sites (tertiary alicyclic amines) is 1. The van der Waals surface area contributed by atoms with E-state index < -0.39 is 11.9 Å². The zero-order valence-electron chi connectivity index (χ0n) is 16.5. The number of aromatic nitrogens is 2. The molecule has 1 aromatic carbocycles. The maximum atomic E-state index is 12.9. The molecule has 30 heavy (non-hydrogen) atoms. The standard InChI is InChI=1S/C22H22F3N3O2/c1-30-19-5-3-2-4-15(19)12-21(29)28-10-8-14(9-11-28)17-13-18-16(26-17)6-7-20(27-18)22(23,24)25/h2-7,13-14,26H,8-12H2,1H3. The van der Waals surface area contributed by atoms with Gasteiger partial charge in [0.2, 0.25) is 5.91 Å². The van der Waals surface area contributed by atoms with Crippen molar-refractivity contribution in [3.63, 3.8) is 0 Å². The molecule has 4 rings (SSSR count). The lowest BCUT2D eigenvalue weighted by molar-refractivity contribution is -0.141. The maximum Gasteiger partial charge on any atom is 0.433 e. The lowest BCUT2D eigenvalue weighted by atomic mass is 9.93. The molecule has 1 amide bonds. The molecule has 0 unspecified atom stereocenters. The smallest absolute Gasteiger partial charge is 0.433 e. The Morgan fingerprint density at radius 3 is 2.63 bits per heavy atom. The van der Waals surface area contributed by atoms with Crippen LogP contribution in [0.4, 0.5) is 13.2 Å². The Morgan fingerprint density at radius 2 is 1.93 bits per heavy atom. The number of fused-ring (bicyclic) bond motifs is 1. The third kappa shape index (κ3) is 4.13. The Hall–Kier alpha value is -3.03. The number of nitrogens with zero attached hydrogens (tertiary/aromatic N) is 2. The summed E-state index contributed by atoms with van der Waals surface area (Å²) in [6.07, 6.45) is -2.68. The molecule has 1 N–H and O–H groups in total. The molecule has 3 aromatic rings. The lowest BCUT2D eigenvalue weighted by Gasteiger charge is -2.32. The number of rotatable bonds is 4. The van der Waals surface area contributed by atoms with Crippen molar-refractivity contribution in [2.45, 2.75) is 31.4 Å². The van der Waals surface area contributed by atoms with Crippen LogP contribution in [0.3, 0.4) is 0 Å². The van der Waals surface area contributed by atoms with Gasteiger partial charge in [0, 0.05) is 30.3 Å². The number of hydrogen-bond acceptors (Lipinski definition) is 3. The highest BCUT2D eigenvalue weighted by Crippen LogP contribution is 2.32. The molecular weight excluding hydrogens is 395 g/mol. The molecule has 0 radical (unpaired) electrons. The largest absolute Gasteiger partial charge is 0.496 e. The number of aromatic amines is 1. The Labute approximate surface area is 171 Å². The molecule has 0 spiro atoms. The van der Waals surface area contributed by atoms with Gasteiger partial charge in [-0.2, -0.15) is 13.2 Å². The van der Waals surface area contributed by atoms with Crippen LogP contribution in [0.2, 0.25) is 0 Å². The minimum Gasteiger partial charge on any atom is -0.496 e. The average Bonchev–Trinajstić information content (AvgIpc) is 3.17. The molecule has 1 aliphatic heterocycles. The van der Waals surface area contributed by atoms with Crippen LogP contribution in [0.15, 0.2) is 42.5 Å². The third-order valence-electron chi connectivity index (χ3n) is 5.61. The minimum absolute atomic E-state index is 0.0473. The molecule has 1 aliphatic rings. The summed E-state index contributed by atoms with van der Waals surface area (Å²) in [5.41, 5.74) is 1.74. The highest BCUT2D eigenvalue weighted by Gasteiger charge is 2.33. The summed E-state index contributed by atoms with van der Waals surface area (Å²) < 4.78 is 44.0. The van der Waals surface area contributed by atoms with Crippen LogP contribution in [-0.4, -0.2) is 41.0 Å². The minimum atomic E-state index is -4.46. The van der Waals surface area contributed by atoms with Crippen LogP contribution in [0.1, 0.15) is 35.7 Å². The van der Waals surface area contributed by atoms with Crippen molar-refractivity contribution < 1.29 is 22.7 Å². The molecular formula is C22H22F3N3O2. The van der Waals surface area contributed by atoms with E-state index in [1.165, 1.54) is 6.07 Å². The fraction of sp³-hybridized carbons (Fsp3) is 0.364. The number of amides is 1. The molecule has 0 saturated carbocycles. The number of alkyl halides is 3. The summed E-state index contributed by atoms with van der Waals surface area (Å²) >= 11 is 0. The number of H-pyrrole nitrogens is 1. The van der Waals surface area contributed by atoms with Crippen LogP contribution >= 0.6 is 0 Å². The van der Waals surface area contributed by atoms with Crippen LogP contribution < -0.4 is 4.74 Å². The topological polar surface area (TPSA) is 58.2 Å². The molecule has 8 heteroatoms. The fourth-order valence-corrected chi connectivity index (χ4v) is 3.97. The van der Waals surface area contributed by atoms with Crippen LogP contribution in [0.25, 0.3) is 11.0 Å². The zero-order chi connectivity index (χ0) is 21.3. The van der Waals surface area contributed by atoms with Gasteiger partial charge in [-0.1, -0.05) is 18.2 Å². The van der Waals surface area contributed by atoms with Gasteiger partial charge < -0.3 is 14.6 Å². The molecule has 0 atom stereocenters. The molecule has 1 fully saturated rings. The quantitative estimate of drug-likeness (QED) is 0.678. The van der Waals surface area contributed by atoms with E-state index in [1.807, 2.05) is 29.2 Å². The van der Waals surface area contributed by atoms with Gasteiger partial charge in [-0.25, -0.2) is 4.98 Å². The van der Waals surface area contributed by atoms with Crippen molar-refractivity contribution in [1.82, 2.24) is 14.9 Å². The number of ether oxygens (including phenoxy) is 1. The van der Waals surface area contributed by atoms with E-state index in [4.69, 9.17) is 4.74 Å². The first-order valence-electron chi connectivity index (χ1n) is 9.81. The molecule has 2 aromatic heterocycles. The SMILES string of the molecule is COc1ccccc1CC(=O)N1CCC(c2cc3nc(C(F)(F)F)ccc3[nH]2)CC1. The van der Waals surface area contributed by atoms with Gasteiger partial charge in [0.1, 0.15) is 11.4 Å². The lowest BCUT2D eigenvalue weighted by Crippen LogP contribution is -2.38. The zero-order valence-corrected chi connectivity index (χ0v) is 16.5.